The molecule has 0 bridgehead atoms. The van der Waals surface area contributed by atoms with Gasteiger partial charge in [-0.05, 0) is 18.9 Å². The minimum absolute atomic E-state index is 0.641. The summed E-state index contributed by atoms with van der Waals surface area (Å²) in [5.74, 6) is 0. The first kappa shape index (κ1) is 9.40. The van der Waals surface area contributed by atoms with Gasteiger partial charge >= 0.3 is 0 Å². The van der Waals surface area contributed by atoms with Crippen molar-refractivity contribution >= 4 is 0 Å². The first-order valence-electron chi connectivity index (χ1n) is 6.16. The fourth-order valence-corrected chi connectivity index (χ4v) is 2.90. The smallest absolute Gasteiger partial charge is 0.0772 e. The zero-order valence-electron chi connectivity index (χ0n) is 9.18. The van der Waals surface area contributed by atoms with Crippen LogP contribution in [0.2, 0.25) is 0 Å². The van der Waals surface area contributed by atoms with Gasteiger partial charge < -0.3 is 0 Å². The van der Waals surface area contributed by atoms with Gasteiger partial charge in [-0.25, -0.2) is 0 Å². The third-order valence-corrected chi connectivity index (χ3v) is 3.88. The number of hydrogen-bond acceptors (Lipinski definition) is 2. The Hall–Kier alpha value is -0.830. The highest BCUT2D eigenvalue weighted by Crippen LogP contribution is 2.30. The van der Waals surface area contributed by atoms with Gasteiger partial charge in [-0.15, -0.1) is 0 Å². The first-order valence-corrected chi connectivity index (χ1v) is 6.16. The molecule has 0 unspecified atom stereocenters. The second-order valence-corrected chi connectivity index (χ2v) is 4.89. The van der Waals surface area contributed by atoms with E-state index in [4.69, 9.17) is 0 Å². The predicted molar refractivity (Wildman–Crippen MR) is 59.7 cm³/mol. The van der Waals surface area contributed by atoms with E-state index in [0.29, 0.717) is 6.04 Å². The van der Waals surface area contributed by atoms with E-state index in [0.717, 1.165) is 6.04 Å². The minimum Gasteiger partial charge on any atom is -0.296 e. The Balaban J connectivity index is 1.53. The summed E-state index contributed by atoms with van der Waals surface area (Å²) in [4.78, 5) is 2.64. The molecular formula is C12H19N3. The normalized spacial score (nSPS) is 25.3. The van der Waals surface area contributed by atoms with E-state index in [1.165, 1.54) is 45.2 Å². The molecule has 3 nitrogen and oxygen atoms in total. The highest BCUT2D eigenvalue weighted by Gasteiger charge is 2.33. The molecule has 1 saturated heterocycles. The fraction of sp³-hybridized carbons (Fsp3) is 0.750. The molecule has 2 heterocycles. The van der Waals surface area contributed by atoms with Gasteiger partial charge in [0.1, 0.15) is 0 Å². The van der Waals surface area contributed by atoms with E-state index in [9.17, 15) is 0 Å². The summed E-state index contributed by atoms with van der Waals surface area (Å²) in [5, 5.41) is 4.31. The molecule has 0 atom stereocenters. The average molecular weight is 205 g/mol. The van der Waals surface area contributed by atoms with Crippen molar-refractivity contribution in [3.8, 4) is 0 Å². The molecule has 3 rings (SSSR count). The van der Waals surface area contributed by atoms with E-state index in [1.54, 1.807) is 0 Å². The van der Waals surface area contributed by atoms with Gasteiger partial charge in [-0.1, -0.05) is 19.3 Å². The first-order chi connectivity index (χ1) is 7.43. The minimum atomic E-state index is 0.641. The summed E-state index contributed by atoms with van der Waals surface area (Å²) in [6, 6.07) is 3.54. The Bertz CT molecular complexity index is 295. The van der Waals surface area contributed by atoms with Crippen LogP contribution in [0.1, 0.15) is 38.1 Å². The Morgan fingerprint density at radius 3 is 2.47 bits per heavy atom. The summed E-state index contributed by atoms with van der Waals surface area (Å²) < 4.78 is 2.11. The number of aromatic nitrogens is 2. The van der Waals surface area contributed by atoms with Crippen LogP contribution in [0, 0.1) is 0 Å². The summed E-state index contributed by atoms with van der Waals surface area (Å²) in [6.07, 6.45) is 11.1. The Kier molecular flexibility index (Phi) is 2.49. The van der Waals surface area contributed by atoms with Gasteiger partial charge in [-0.2, -0.15) is 5.10 Å². The summed E-state index contributed by atoms with van der Waals surface area (Å²) >= 11 is 0. The monoisotopic (exact) mass is 205 g/mol. The molecule has 0 amide bonds. The van der Waals surface area contributed by atoms with E-state index in [2.05, 4.69) is 20.9 Å². The van der Waals surface area contributed by atoms with Gasteiger partial charge in [0, 0.05) is 31.5 Å². The van der Waals surface area contributed by atoms with Crippen LogP contribution in [-0.2, 0) is 0 Å². The fourth-order valence-electron chi connectivity index (χ4n) is 2.90. The molecule has 0 N–H and O–H groups in total. The van der Waals surface area contributed by atoms with Crippen molar-refractivity contribution < 1.29 is 0 Å². The highest BCUT2D eigenvalue weighted by atomic mass is 15.4. The summed E-state index contributed by atoms with van der Waals surface area (Å²) in [6.45, 7) is 2.43. The van der Waals surface area contributed by atoms with Crippen LogP contribution in [0.25, 0.3) is 0 Å². The van der Waals surface area contributed by atoms with E-state index in [1.807, 2.05) is 12.3 Å². The van der Waals surface area contributed by atoms with Crippen molar-refractivity contribution in [1.29, 1.82) is 0 Å². The van der Waals surface area contributed by atoms with Crippen molar-refractivity contribution in [3.05, 3.63) is 18.5 Å². The lowest BCUT2D eigenvalue weighted by molar-refractivity contribution is 0.0360. The molecule has 15 heavy (non-hydrogen) atoms. The van der Waals surface area contributed by atoms with Crippen molar-refractivity contribution in [2.24, 2.45) is 0 Å². The zero-order valence-corrected chi connectivity index (χ0v) is 9.18. The molecule has 1 aromatic rings. The van der Waals surface area contributed by atoms with Crippen LogP contribution >= 0.6 is 0 Å². The van der Waals surface area contributed by atoms with Crippen molar-refractivity contribution in [2.45, 2.75) is 44.2 Å². The summed E-state index contributed by atoms with van der Waals surface area (Å²) in [5.41, 5.74) is 0. The third-order valence-electron chi connectivity index (χ3n) is 3.88. The molecule has 82 valence electrons. The van der Waals surface area contributed by atoms with Crippen LogP contribution in [0.5, 0.6) is 0 Å². The SMILES string of the molecule is c1cnn(C2CN(C3CCCCC3)C2)c1. The Labute approximate surface area is 91.1 Å². The highest BCUT2D eigenvalue weighted by molar-refractivity contribution is 4.92. The van der Waals surface area contributed by atoms with Crippen LogP contribution in [-0.4, -0.2) is 33.8 Å². The van der Waals surface area contributed by atoms with Gasteiger partial charge in [-0.3, -0.25) is 9.58 Å². The zero-order chi connectivity index (χ0) is 10.1. The van der Waals surface area contributed by atoms with Gasteiger partial charge in [0.2, 0.25) is 0 Å². The van der Waals surface area contributed by atoms with Crippen LogP contribution < -0.4 is 0 Å². The summed E-state index contributed by atoms with van der Waals surface area (Å²) in [7, 11) is 0. The number of likely N-dealkylation sites (tertiary alicyclic amines) is 1. The van der Waals surface area contributed by atoms with Crippen LogP contribution in [0.15, 0.2) is 18.5 Å². The molecular weight excluding hydrogens is 186 g/mol. The maximum atomic E-state index is 4.31. The number of nitrogens with zero attached hydrogens (tertiary/aromatic N) is 3. The second-order valence-electron chi connectivity index (χ2n) is 4.89. The van der Waals surface area contributed by atoms with Gasteiger partial charge in [0.25, 0.3) is 0 Å². The average Bonchev–Trinajstić information content (AvgIpc) is 2.70. The van der Waals surface area contributed by atoms with Crippen LogP contribution in [0.3, 0.4) is 0 Å². The quantitative estimate of drug-likeness (QED) is 0.737. The lowest BCUT2D eigenvalue weighted by Crippen LogP contribution is -2.53. The molecule has 0 aromatic carbocycles. The van der Waals surface area contributed by atoms with E-state index < -0.39 is 0 Å². The maximum absolute atomic E-state index is 4.31. The topological polar surface area (TPSA) is 21.1 Å². The molecule has 2 aliphatic rings. The molecule has 1 aliphatic carbocycles. The van der Waals surface area contributed by atoms with Crippen molar-refractivity contribution in [3.63, 3.8) is 0 Å². The van der Waals surface area contributed by atoms with Crippen LogP contribution in [0.4, 0.5) is 0 Å². The third kappa shape index (κ3) is 1.81. The van der Waals surface area contributed by atoms with Crippen molar-refractivity contribution in [1.82, 2.24) is 14.7 Å². The Morgan fingerprint density at radius 1 is 1.00 bits per heavy atom. The molecule has 2 fully saturated rings. The number of rotatable bonds is 2. The van der Waals surface area contributed by atoms with E-state index >= 15 is 0 Å². The maximum Gasteiger partial charge on any atom is 0.0772 e. The van der Waals surface area contributed by atoms with E-state index in [-0.39, 0.29) is 0 Å². The number of hydrogen-bond donors (Lipinski definition) is 0. The van der Waals surface area contributed by atoms with Crippen molar-refractivity contribution in [2.75, 3.05) is 13.1 Å². The standard InChI is InChI=1S/C12H19N3/c1-2-5-11(6-3-1)14-9-12(10-14)15-8-4-7-13-15/h4,7-8,11-12H,1-3,5-6,9-10H2. The van der Waals surface area contributed by atoms with Gasteiger partial charge in [0.05, 0.1) is 6.04 Å². The van der Waals surface area contributed by atoms with Gasteiger partial charge in [0.15, 0.2) is 0 Å². The molecule has 3 heteroatoms. The molecule has 1 aliphatic heterocycles. The molecule has 0 spiro atoms. The molecule has 1 aromatic heterocycles. The second kappa shape index (κ2) is 3.97. The lowest BCUT2D eigenvalue weighted by Gasteiger charge is -2.45. The largest absolute Gasteiger partial charge is 0.296 e. The molecule has 0 radical (unpaired) electrons. The Morgan fingerprint density at radius 2 is 1.80 bits per heavy atom. The molecule has 1 saturated carbocycles. The lowest BCUT2D eigenvalue weighted by atomic mass is 9.91. The predicted octanol–water partition coefficient (Wildman–Crippen LogP) is 2.07.